The smallest absolute Gasteiger partial charge is 0.342 e. The van der Waals surface area contributed by atoms with Crippen LogP contribution in [0.4, 0.5) is 0 Å². The maximum atomic E-state index is 12.9. The van der Waals surface area contributed by atoms with E-state index in [4.69, 9.17) is 9.47 Å². The first-order chi connectivity index (χ1) is 16.8. The van der Waals surface area contributed by atoms with E-state index in [0.29, 0.717) is 31.0 Å². The Morgan fingerprint density at radius 1 is 1.23 bits per heavy atom. The molecule has 1 aliphatic heterocycles. The number of fused-ring (bicyclic) bond motifs is 1. The van der Waals surface area contributed by atoms with Crippen LogP contribution in [0.25, 0.3) is 6.08 Å². The summed E-state index contributed by atoms with van der Waals surface area (Å²) in [7, 11) is 0. The van der Waals surface area contributed by atoms with Crippen molar-refractivity contribution in [1.82, 2.24) is 15.3 Å². The van der Waals surface area contributed by atoms with Gasteiger partial charge in [0.05, 0.1) is 12.6 Å². The maximum absolute atomic E-state index is 12.9. The molecule has 0 saturated heterocycles. The highest BCUT2D eigenvalue weighted by atomic mass is 16.5. The van der Waals surface area contributed by atoms with Gasteiger partial charge in [-0.25, -0.2) is 9.78 Å². The van der Waals surface area contributed by atoms with E-state index in [1.54, 1.807) is 32.3 Å². The molecule has 3 rings (SSSR count). The van der Waals surface area contributed by atoms with Gasteiger partial charge in [-0.1, -0.05) is 25.2 Å². The molecule has 1 aliphatic rings. The van der Waals surface area contributed by atoms with Crippen molar-refractivity contribution >= 4 is 17.8 Å². The number of aromatic amines is 1. The summed E-state index contributed by atoms with van der Waals surface area (Å²) in [4.78, 5) is 32.1. The molecule has 1 aromatic heterocycles. The number of aliphatic hydroxyl groups is 2. The Morgan fingerprint density at radius 2 is 2.03 bits per heavy atom. The van der Waals surface area contributed by atoms with Crippen LogP contribution >= 0.6 is 0 Å². The maximum Gasteiger partial charge on any atom is 0.342 e. The van der Waals surface area contributed by atoms with Crippen molar-refractivity contribution in [1.29, 1.82) is 0 Å². The highest BCUT2D eigenvalue weighted by Crippen LogP contribution is 2.31. The second-order valence-corrected chi connectivity index (χ2v) is 8.35. The van der Waals surface area contributed by atoms with Crippen molar-refractivity contribution in [2.75, 3.05) is 13.2 Å². The van der Waals surface area contributed by atoms with Gasteiger partial charge in [0, 0.05) is 30.9 Å². The molecular formula is C25H31N3O7. The number of carbonyl (C=O) groups excluding carboxylic acids is 2. The number of rotatable bonds is 6. The van der Waals surface area contributed by atoms with Crippen molar-refractivity contribution in [3.05, 3.63) is 59.7 Å². The van der Waals surface area contributed by atoms with Gasteiger partial charge in [-0.05, 0) is 31.1 Å². The van der Waals surface area contributed by atoms with Gasteiger partial charge in [0.1, 0.15) is 41.7 Å². The van der Waals surface area contributed by atoms with E-state index >= 15 is 0 Å². The van der Waals surface area contributed by atoms with E-state index in [0.717, 1.165) is 5.82 Å². The molecule has 4 atom stereocenters. The van der Waals surface area contributed by atoms with Crippen LogP contribution < -0.4 is 10.1 Å². The topological polar surface area (TPSA) is 154 Å². The van der Waals surface area contributed by atoms with Crippen LogP contribution in [0.2, 0.25) is 0 Å². The molecule has 0 unspecified atom stereocenters. The lowest BCUT2D eigenvalue weighted by molar-refractivity contribution is -0.127. The SMILES string of the molecule is C[C@@H]1/C=C\C(=O)[C@@H](O)[C@@H](O)C/C=C/c2cc(OCCNCc3ncc[nH]3)cc(O)c2C(=O)O[C@H]1C. The minimum Gasteiger partial charge on any atom is -0.507 e. The fraction of sp³-hybridized carbons (Fsp3) is 0.400. The van der Waals surface area contributed by atoms with E-state index < -0.39 is 30.1 Å². The number of carbonyl (C=O) groups is 2. The van der Waals surface area contributed by atoms with Crippen molar-refractivity contribution in [3.63, 3.8) is 0 Å². The average molecular weight is 486 g/mol. The highest BCUT2D eigenvalue weighted by molar-refractivity contribution is 5.97. The number of ketones is 1. The van der Waals surface area contributed by atoms with Gasteiger partial charge in [-0.2, -0.15) is 0 Å². The number of aromatic hydroxyl groups is 1. The number of imidazole rings is 1. The molecule has 2 aromatic rings. The summed E-state index contributed by atoms with van der Waals surface area (Å²) in [6, 6.07) is 2.92. The van der Waals surface area contributed by atoms with Crippen LogP contribution in [0.3, 0.4) is 0 Å². The lowest BCUT2D eigenvalue weighted by Crippen LogP contribution is -2.32. The molecule has 0 fully saturated rings. The number of phenolic OH excluding ortho intramolecular Hbond substituents is 1. The van der Waals surface area contributed by atoms with Gasteiger partial charge in [-0.15, -0.1) is 0 Å². The number of aliphatic hydroxyl groups excluding tert-OH is 2. The largest absolute Gasteiger partial charge is 0.507 e. The molecule has 0 amide bonds. The van der Waals surface area contributed by atoms with E-state index in [9.17, 15) is 24.9 Å². The third-order valence-electron chi connectivity index (χ3n) is 5.65. The summed E-state index contributed by atoms with van der Waals surface area (Å²) >= 11 is 0. The molecule has 188 valence electrons. The fourth-order valence-corrected chi connectivity index (χ4v) is 3.39. The monoisotopic (exact) mass is 485 g/mol. The number of cyclic esters (lactones) is 1. The molecule has 1 aromatic carbocycles. The fourth-order valence-electron chi connectivity index (χ4n) is 3.39. The molecule has 0 saturated carbocycles. The van der Waals surface area contributed by atoms with Crippen LogP contribution in [-0.2, 0) is 16.1 Å². The first-order valence-electron chi connectivity index (χ1n) is 11.4. The zero-order chi connectivity index (χ0) is 25.4. The summed E-state index contributed by atoms with van der Waals surface area (Å²) in [5.41, 5.74) is 0.268. The zero-order valence-corrected chi connectivity index (χ0v) is 19.7. The van der Waals surface area contributed by atoms with Gasteiger partial charge >= 0.3 is 5.97 Å². The summed E-state index contributed by atoms with van der Waals surface area (Å²) in [5.74, 6) is -0.903. The molecule has 35 heavy (non-hydrogen) atoms. The minimum atomic E-state index is -1.58. The molecule has 0 bridgehead atoms. The number of aromatic nitrogens is 2. The van der Waals surface area contributed by atoms with Gasteiger partial charge in [0.15, 0.2) is 5.78 Å². The van der Waals surface area contributed by atoms with Crippen LogP contribution in [0.15, 0.2) is 42.8 Å². The first-order valence-corrected chi connectivity index (χ1v) is 11.4. The summed E-state index contributed by atoms with van der Waals surface area (Å²) in [6.07, 6.45) is 5.51. The molecule has 0 spiro atoms. The van der Waals surface area contributed by atoms with Crippen LogP contribution in [0, 0.1) is 5.92 Å². The predicted octanol–water partition coefficient (Wildman–Crippen LogP) is 1.73. The Bertz CT molecular complexity index is 1070. The lowest BCUT2D eigenvalue weighted by atomic mass is 9.99. The van der Waals surface area contributed by atoms with Crippen LogP contribution in [-0.4, -0.2) is 68.5 Å². The number of phenols is 1. The minimum absolute atomic E-state index is 0.0456. The van der Waals surface area contributed by atoms with E-state index in [-0.39, 0.29) is 23.7 Å². The number of hydrogen-bond acceptors (Lipinski definition) is 9. The molecular weight excluding hydrogens is 454 g/mol. The number of H-pyrrole nitrogens is 1. The third-order valence-corrected chi connectivity index (χ3v) is 5.65. The highest BCUT2D eigenvalue weighted by Gasteiger charge is 2.25. The summed E-state index contributed by atoms with van der Waals surface area (Å²) < 4.78 is 11.2. The number of benzene rings is 1. The quantitative estimate of drug-likeness (QED) is 0.304. The molecule has 5 N–H and O–H groups in total. The van der Waals surface area contributed by atoms with Crippen molar-refractivity contribution in [3.8, 4) is 11.5 Å². The second kappa shape index (κ2) is 12.3. The number of nitrogens with zero attached hydrogens (tertiary/aromatic N) is 1. The van der Waals surface area contributed by atoms with Crippen molar-refractivity contribution < 1.29 is 34.4 Å². The molecule has 2 heterocycles. The third kappa shape index (κ3) is 7.25. The molecule has 10 nitrogen and oxygen atoms in total. The lowest BCUT2D eigenvalue weighted by Gasteiger charge is -2.20. The number of ether oxygens (including phenoxy) is 2. The van der Waals surface area contributed by atoms with Crippen LogP contribution in [0.5, 0.6) is 11.5 Å². The number of hydrogen-bond donors (Lipinski definition) is 5. The Morgan fingerprint density at radius 3 is 2.77 bits per heavy atom. The number of esters is 1. The normalized spacial score (nSPS) is 25.3. The van der Waals surface area contributed by atoms with E-state index in [1.807, 2.05) is 0 Å². The van der Waals surface area contributed by atoms with E-state index in [2.05, 4.69) is 15.3 Å². The average Bonchev–Trinajstić information content (AvgIpc) is 3.34. The van der Waals surface area contributed by atoms with Crippen molar-refractivity contribution in [2.45, 2.75) is 45.1 Å². The van der Waals surface area contributed by atoms with Crippen LogP contribution in [0.1, 0.15) is 42.0 Å². The molecule has 0 radical (unpaired) electrons. The van der Waals surface area contributed by atoms with Gasteiger partial charge in [0.2, 0.25) is 0 Å². The first kappa shape index (κ1) is 26.1. The van der Waals surface area contributed by atoms with Gasteiger partial charge in [-0.3, -0.25) is 4.79 Å². The summed E-state index contributed by atoms with van der Waals surface area (Å²) in [5, 5.41) is 34.1. The number of nitrogens with one attached hydrogen (secondary N) is 2. The Hall–Kier alpha value is -3.47. The van der Waals surface area contributed by atoms with Gasteiger partial charge < -0.3 is 35.1 Å². The van der Waals surface area contributed by atoms with Gasteiger partial charge in [0.25, 0.3) is 0 Å². The summed E-state index contributed by atoms with van der Waals surface area (Å²) in [6.45, 7) is 4.75. The zero-order valence-electron chi connectivity index (χ0n) is 19.7. The van der Waals surface area contributed by atoms with E-state index in [1.165, 1.54) is 30.4 Å². The standard InChI is InChI=1S/C25H31N3O7/c1-15-6-7-20(30)24(32)19(29)5-3-4-17-12-18(13-21(31)23(17)25(33)35-16(15)2)34-11-10-26-14-22-27-8-9-28-22/h3-4,6-9,12-13,15-16,19,24,26,29,31-32H,5,10-11,14H2,1-2H3,(H,27,28)/b4-3+,7-6-/t15-,16+,19+,24+/m1/s1. The molecule has 10 heteroatoms. The second-order valence-electron chi connectivity index (χ2n) is 8.35. The Balaban J connectivity index is 1.78. The predicted molar refractivity (Wildman–Crippen MR) is 128 cm³/mol. The van der Waals surface area contributed by atoms with Crippen molar-refractivity contribution in [2.24, 2.45) is 5.92 Å². The molecule has 0 aliphatic carbocycles. The Kier molecular flexibility index (Phi) is 9.18. The Labute approximate surface area is 203 Å².